The van der Waals surface area contributed by atoms with Crippen molar-refractivity contribution in [2.45, 2.75) is 58.4 Å². The maximum absolute atomic E-state index is 13.8. The Morgan fingerprint density at radius 2 is 1.68 bits per heavy atom. The van der Waals surface area contributed by atoms with Crippen LogP contribution in [0.25, 0.3) is 11.3 Å². The van der Waals surface area contributed by atoms with Gasteiger partial charge in [0.1, 0.15) is 17.7 Å². The van der Waals surface area contributed by atoms with E-state index in [0.29, 0.717) is 22.7 Å². The van der Waals surface area contributed by atoms with Gasteiger partial charge >= 0.3 is 0 Å². The number of methoxy groups -OCH3 is 1. The van der Waals surface area contributed by atoms with E-state index in [2.05, 4.69) is 19.0 Å². The van der Waals surface area contributed by atoms with Crippen molar-refractivity contribution in [3.8, 4) is 17.0 Å². The van der Waals surface area contributed by atoms with Crippen molar-refractivity contribution in [3.63, 3.8) is 0 Å². The van der Waals surface area contributed by atoms with Crippen molar-refractivity contribution in [2.75, 3.05) is 12.0 Å². The van der Waals surface area contributed by atoms with E-state index in [0.717, 1.165) is 44.1 Å². The SMILES string of the molecule is CCCCC(CCCC)C1C(C(=O)c2ccc(OC)cc2)=C(O)C(=O)N1c1ccc(-c2ccon2)cc1. The fourth-order valence-corrected chi connectivity index (χ4v) is 5.04. The van der Waals surface area contributed by atoms with Crippen LogP contribution in [0.2, 0.25) is 0 Å². The van der Waals surface area contributed by atoms with Crippen molar-refractivity contribution >= 4 is 17.4 Å². The number of anilines is 1. The molecule has 1 aliphatic rings. The lowest BCUT2D eigenvalue weighted by molar-refractivity contribution is -0.117. The summed E-state index contributed by atoms with van der Waals surface area (Å²) in [6.45, 7) is 4.27. The van der Waals surface area contributed by atoms with Gasteiger partial charge in [0, 0.05) is 22.9 Å². The molecule has 7 nitrogen and oxygen atoms in total. The molecule has 1 unspecified atom stereocenters. The Morgan fingerprint density at radius 3 is 2.22 bits per heavy atom. The number of carbonyl (C=O) groups is 2. The van der Waals surface area contributed by atoms with Gasteiger partial charge in [-0.05, 0) is 55.2 Å². The highest BCUT2D eigenvalue weighted by atomic mass is 16.5. The lowest BCUT2D eigenvalue weighted by atomic mass is 9.82. The van der Waals surface area contributed by atoms with Gasteiger partial charge in [0.2, 0.25) is 0 Å². The predicted molar refractivity (Wildman–Crippen MR) is 143 cm³/mol. The van der Waals surface area contributed by atoms with Crippen molar-refractivity contribution in [1.29, 1.82) is 0 Å². The number of ether oxygens (including phenoxy) is 1. The highest BCUT2D eigenvalue weighted by molar-refractivity contribution is 6.20. The zero-order valence-electron chi connectivity index (χ0n) is 21.6. The molecule has 2 heterocycles. The predicted octanol–water partition coefficient (Wildman–Crippen LogP) is 6.76. The van der Waals surface area contributed by atoms with Crippen LogP contribution >= 0.6 is 0 Å². The van der Waals surface area contributed by atoms with Gasteiger partial charge in [-0.1, -0.05) is 56.8 Å². The molecule has 0 saturated carbocycles. The molecule has 7 heteroatoms. The highest BCUT2D eigenvalue weighted by Crippen LogP contribution is 2.40. The summed E-state index contributed by atoms with van der Waals surface area (Å²) in [4.78, 5) is 28.9. The molecule has 0 fully saturated rings. The van der Waals surface area contributed by atoms with Crippen LogP contribution in [0.15, 0.2) is 76.7 Å². The number of Topliss-reactive ketones (excluding diaryl/α,β-unsaturated/α-hetero) is 1. The molecule has 1 N–H and O–H groups in total. The quantitative estimate of drug-likeness (QED) is 0.275. The Kier molecular flexibility index (Phi) is 8.43. The first-order chi connectivity index (χ1) is 18.0. The van der Waals surface area contributed by atoms with E-state index in [4.69, 9.17) is 9.26 Å². The van der Waals surface area contributed by atoms with Gasteiger partial charge in [-0.15, -0.1) is 0 Å². The first-order valence-electron chi connectivity index (χ1n) is 13.0. The average Bonchev–Trinajstić information content (AvgIpc) is 3.56. The number of rotatable bonds is 12. The number of aliphatic hydroxyl groups excluding tert-OH is 1. The lowest BCUT2D eigenvalue weighted by Crippen LogP contribution is -2.42. The third-order valence-electron chi connectivity index (χ3n) is 7.03. The van der Waals surface area contributed by atoms with Crippen LogP contribution in [0.3, 0.4) is 0 Å². The molecule has 1 aliphatic heterocycles. The van der Waals surface area contributed by atoms with E-state index >= 15 is 0 Å². The Balaban J connectivity index is 1.76. The molecule has 3 aromatic rings. The summed E-state index contributed by atoms with van der Waals surface area (Å²) < 4.78 is 10.2. The van der Waals surface area contributed by atoms with Crippen LogP contribution in [0, 0.1) is 5.92 Å². The maximum atomic E-state index is 13.8. The summed E-state index contributed by atoms with van der Waals surface area (Å²) >= 11 is 0. The summed E-state index contributed by atoms with van der Waals surface area (Å²) in [6, 6.07) is 15.4. The third kappa shape index (κ3) is 5.45. The molecule has 0 spiro atoms. The molecule has 0 aliphatic carbocycles. The van der Waals surface area contributed by atoms with Gasteiger partial charge < -0.3 is 14.4 Å². The second-order valence-electron chi connectivity index (χ2n) is 9.42. The van der Waals surface area contributed by atoms with E-state index < -0.39 is 17.7 Å². The first kappa shape index (κ1) is 26.2. The lowest BCUT2D eigenvalue weighted by Gasteiger charge is -2.33. The van der Waals surface area contributed by atoms with Gasteiger partial charge in [-0.2, -0.15) is 0 Å². The largest absolute Gasteiger partial charge is 0.503 e. The van der Waals surface area contributed by atoms with Gasteiger partial charge in [0.05, 0.1) is 18.7 Å². The minimum Gasteiger partial charge on any atom is -0.503 e. The Labute approximate surface area is 217 Å². The minimum absolute atomic E-state index is 0.0286. The zero-order valence-corrected chi connectivity index (χ0v) is 21.6. The molecule has 2 aromatic carbocycles. The molecular weight excluding hydrogens is 468 g/mol. The average molecular weight is 503 g/mol. The number of carbonyl (C=O) groups excluding carboxylic acids is 2. The van der Waals surface area contributed by atoms with Crippen molar-refractivity contribution in [2.24, 2.45) is 5.92 Å². The van der Waals surface area contributed by atoms with Crippen molar-refractivity contribution in [3.05, 3.63) is 77.8 Å². The summed E-state index contributed by atoms with van der Waals surface area (Å²) in [6.07, 6.45) is 7.18. The molecule has 0 bridgehead atoms. The van der Waals surface area contributed by atoms with Crippen LogP contribution in [0.4, 0.5) is 5.69 Å². The van der Waals surface area contributed by atoms with Crippen LogP contribution < -0.4 is 9.64 Å². The molecule has 1 atom stereocenters. The molecule has 37 heavy (non-hydrogen) atoms. The molecule has 0 saturated heterocycles. The third-order valence-corrected chi connectivity index (χ3v) is 7.03. The number of ketones is 1. The second kappa shape index (κ2) is 11.9. The van der Waals surface area contributed by atoms with E-state index in [1.54, 1.807) is 42.3 Å². The molecule has 1 aromatic heterocycles. The van der Waals surface area contributed by atoms with Crippen LogP contribution in [-0.2, 0) is 4.79 Å². The monoisotopic (exact) mass is 502 g/mol. The fraction of sp³-hybridized carbons (Fsp3) is 0.367. The molecule has 0 radical (unpaired) electrons. The normalized spacial score (nSPS) is 15.6. The van der Waals surface area contributed by atoms with Crippen molar-refractivity contribution < 1.29 is 24.0 Å². The number of aliphatic hydroxyl groups is 1. The minimum atomic E-state index is -0.557. The number of nitrogens with zero attached hydrogens (tertiary/aromatic N) is 2. The second-order valence-corrected chi connectivity index (χ2v) is 9.42. The fourth-order valence-electron chi connectivity index (χ4n) is 5.04. The van der Waals surface area contributed by atoms with E-state index in [9.17, 15) is 14.7 Å². The van der Waals surface area contributed by atoms with Crippen LogP contribution in [0.1, 0.15) is 62.7 Å². The summed E-state index contributed by atoms with van der Waals surface area (Å²) in [5, 5.41) is 15.1. The smallest absolute Gasteiger partial charge is 0.294 e. The summed E-state index contributed by atoms with van der Waals surface area (Å²) in [5.41, 5.74) is 2.75. The number of hydrogen-bond acceptors (Lipinski definition) is 6. The standard InChI is InChI=1S/C30H34N2O5/c1-4-6-8-21(9-7-5-2)27-26(28(33)22-12-16-24(36-3)17-13-22)29(34)30(35)32(27)23-14-10-20(11-15-23)25-18-19-37-31-25/h10-19,21,27,34H,4-9H2,1-3H3. The van der Waals surface area contributed by atoms with Gasteiger partial charge in [-0.3, -0.25) is 14.5 Å². The molecular formula is C30H34N2O5. The van der Waals surface area contributed by atoms with Gasteiger partial charge in [-0.25, -0.2) is 0 Å². The van der Waals surface area contributed by atoms with E-state index in [-0.39, 0.29) is 17.3 Å². The topological polar surface area (TPSA) is 92.9 Å². The number of benzene rings is 2. The molecule has 194 valence electrons. The number of amides is 1. The van der Waals surface area contributed by atoms with Crippen molar-refractivity contribution in [1.82, 2.24) is 5.16 Å². The maximum Gasteiger partial charge on any atom is 0.294 e. The van der Waals surface area contributed by atoms with Gasteiger partial charge in [0.15, 0.2) is 11.5 Å². The Hall–Kier alpha value is -3.87. The highest BCUT2D eigenvalue weighted by Gasteiger charge is 2.46. The van der Waals surface area contributed by atoms with Crippen LogP contribution in [-0.4, -0.2) is 35.1 Å². The Morgan fingerprint density at radius 1 is 1.03 bits per heavy atom. The first-order valence-corrected chi connectivity index (χ1v) is 13.0. The molecule has 1 amide bonds. The van der Waals surface area contributed by atoms with Gasteiger partial charge in [0.25, 0.3) is 5.91 Å². The summed E-state index contributed by atoms with van der Waals surface area (Å²) in [5.74, 6) is -0.691. The number of hydrogen-bond donors (Lipinski definition) is 1. The summed E-state index contributed by atoms with van der Waals surface area (Å²) in [7, 11) is 1.56. The van der Waals surface area contributed by atoms with E-state index in [1.807, 2.05) is 24.3 Å². The van der Waals surface area contributed by atoms with Crippen LogP contribution in [0.5, 0.6) is 5.75 Å². The zero-order chi connectivity index (χ0) is 26.4. The molecule has 4 rings (SSSR count). The van der Waals surface area contributed by atoms with E-state index in [1.165, 1.54) is 6.26 Å². The number of unbranched alkanes of at least 4 members (excludes halogenated alkanes) is 2. The Bertz CT molecular complexity index is 1220. The number of aromatic nitrogens is 1.